The zero-order chi connectivity index (χ0) is 17.5. The van der Waals surface area contributed by atoms with Crippen molar-refractivity contribution >= 4 is 23.2 Å². The summed E-state index contributed by atoms with van der Waals surface area (Å²) in [6.45, 7) is 0. The van der Waals surface area contributed by atoms with Crippen LogP contribution in [0.4, 0.5) is 11.4 Å². The topological polar surface area (TPSA) is 6.25 Å². The van der Waals surface area contributed by atoms with Gasteiger partial charge in [-0.1, -0.05) is 48.6 Å². The fraction of sp³-hybridized carbons (Fsp3) is 0.0870. The van der Waals surface area contributed by atoms with Crippen LogP contribution in [0.2, 0.25) is 0 Å². The van der Waals surface area contributed by atoms with E-state index in [4.69, 9.17) is 0 Å². The Morgan fingerprint density at radius 3 is 2.52 bits per heavy atom. The molecule has 0 fully saturated rings. The summed E-state index contributed by atoms with van der Waals surface area (Å²) in [6.07, 6.45) is 17.6. The second kappa shape index (κ2) is 8.11. The van der Waals surface area contributed by atoms with Gasteiger partial charge in [-0.2, -0.15) is 6.08 Å². The molecule has 0 radical (unpaired) electrons. The first-order valence-electron chi connectivity index (χ1n) is 8.34. The third-order valence-electron chi connectivity index (χ3n) is 4.08. The van der Waals surface area contributed by atoms with Gasteiger partial charge in [-0.25, -0.2) is 0 Å². The van der Waals surface area contributed by atoms with Crippen LogP contribution < -0.4 is 4.90 Å². The minimum absolute atomic E-state index is 1.12. The molecule has 2 aromatic rings. The molecule has 1 aliphatic heterocycles. The number of para-hydroxylation sites is 2. The summed E-state index contributed by atoms with van der Waals surface area (Å²) < 4.78 is 1.97. The molecule has 124 valence electrons. The van der Waals surface area contributed by atoms with Crippen LogP contribution in [0.15, 0.2) is 97.3 Å². The Morgan fingerprint density at radius 2 is 1.68 bits per heavy atom. The van der Waals surface area contributed by atoms with Crippen LogP contribution in [-0.2, 0) is 0 Å². The van der Waals surface area contributed by atoms with Gasteiger partial charge in [0, 0.05) is 24.5 Å². The summed E-state index contributed by atoms with van der Waals surface area (Å²) in [6, 6.07) is 18.6. The highest BCUT2D eigenvalue weighted by Crippen LogP contribution is 2.31. The summed E-state index contributed by atoms with van der Waals surface area (Å²) in [5.41, 5.74) is 4.81. The molecule has 0 saturated carbocycles. The number of hydrogen-bond acceptors (Lipinski definition) is 1. The average Bonchev–Trinajstić information content (AvgIpc) is 2.67. The number of benzene rings is 2. The quantitative estimate of drug-likeness (QED) is 0.329. The van der Waals surface area contributed by atoms with Gasteiger partial charge in [-0.15, -0.1) is 12.2 Å². The molecule has 25 heavy (non-hydrogen) atoms. The molecule has 0 N–H and O–H groups in total. The van der Waals surface area contributed by atoms with Gasteiger partial charge in [0.1, 0.15) is 18.9 Å². The van der Waals surface area contributed by atoms with Crippen LogP contribution >= 0.6 is 0 Å². The van der Waals surface area contributed by atoms with Gasteiger partial charge in [-0.05, 0) is 29.8 Å². The molecule has 2 aromatic carbocycles. The fourth-order valence-corrected chi connectivity index (χ4v) is 2.69. The Balaban J connectivity index is 1.67. The lowest BCUT2D eigenvalue weighted by molar-refractivity contribution is -0.398. The van der Waals surface area contributed by atoms with Crippen molar-refractivity contribution in [3.05, 3.63) is 103 Å². The summed E-state index contributed by atoms with van der Waals surface area (Å²) in [7, 11) is 4.06. The molecular weight excluding hydrogens is 304 g/mol. The maximum Gasteiger partial charge on any atom is 0.115 e. The van der Waals surface area contributed by atoms with Crippen LogP contribution in [-0.4, -0.2) is 24.9 Å². The zero-order valence-electron chi connectivity index (χ0n) is 14.6. The smallest absolute Gasteiger partial charge is 0.115 e. The van der Waals surface area contributed by atoms with Gasteiger partial charge in [0.05, 0.1) is 0 Å². The SMILES string of the molecule is CN1C=CC(=CC=CC=C[C-]=[N+](C)c2ccccc2)c2ccccc21. The molecule has 0 bridgehead atoms. The third-order valence-corrected chi connectivity index (χ3v) is 4.08. The van der Waals surface area contributed by atoms with E-state index in [0.717, 1.165) is 5.69 Å². The Labute approximate surface area is 150 Å². The standard InChI is InChI=1S/C23H22N2/c1-24(21-13-7-5-8-14-21)18-11-4-3-6-12-20-17-19-25(2)23-16-10-9-15-22(20)23/h3-17,19H,1-2H3. The van der Waals surface area contributed by atoms with Crippen molar-refractivity contribution < 1.29 is 4.58 Å². The lowest BCUT2D eigenvalue weighted by Crippen LogP contribution is -2.13. The maximum atomic E-state index is 3.22. The molecule has 0 aromatic heterocycles. The van der Waals surface area contributed by atoms with Gasteiger partial charge in [0.15, 0.2) is 0 Å². The van der Waals surface area contributed by atoms with E-state index in [1.807, 2.05) is 48.1 Å². The van der Waals surface area contributed by atoms with Gasteiger partial charge in [-0.3, -0.25) is 0 Å². The Bertz CT molecular complexity index is 868. The highest BCUT2D eigenvalue weighted by molar-refractivity contribution is 5.86. The highest BCUT2D eigenvalue weighted by atomic mass is 15.1. The van der Waals surface area contributed by atoms with E-state index in [0.29, 0.717) is 0 Å². The highest BCUT2D eigenvalue weighted by Gasteiger charge is 2.11. The fourth-order valence-electron chi connectivity index (χ4n) is 2.69. The first-order valence-corrected chi connectivity index (χ1v) is 8.34. The predicted molar refractivity (Wildman–Crippen MR) is 108 cm³/mol. The summed E-state index contributed by atoms with van der Waals surface area (Å²) in [5.74, 6) is 0. The lowest BCUT2D eigenvalue weighted by Gasteiger charge is -2.23. The molecular formula is C23H22N2. The number of anilines is 1. The van der Waals surface area contributed by atoms with Gasteiger partial charge in [0.25, 0.3) is 0 Å². The molecule has 3 rings (SSSR count). The number of fused-ring (bicyclic) bond motifs is 1. The first kappa shape index (κ1) is 16.7. The molecule has 0 aliphatic carbocycles. The van der Waals surface area contributed by atoms with Crippen molar-refractivity contribution in [1.29, 1.82) is 0 Å². The lowest BCUT2D eigenvalue weighted by atomic mass is 10.00. The van der Waals surface area contributed by atoms with Crippen molar-refractivity contribution in [2.75, 3.05) is 19.0 Å². The van der Waals surface area contributed by atoms with Crippen molar-refractivity contribution in [3.63, 3.8) is 0 Å². The van der Waals surface area contributed by atoms with E-state index in [1.54, 1.807) is 0 Å². The summed E-state index contributed by atoms with van der Waals surface area (Å²) in [5, 5.41) is 0. The van der Waals surface area contributed by atoms with Gasteiger partial charge in [0.2, 0.25) is 0 Å². The Kier molecular flexibility index (Phi) is 5.43. The minimum Gasteiger partial charge on any atom is -0.351 e. The van der Waals surface area contributed by atoms with Crippen molar-refractivity contribution in [3.8, 4) is 0 Å². The predicted octanol–water partition coefficient (Wildman–Crippen LogP) is 5.07. The average molecular weight is 326 g/mol. The monoisotopic (exact) mass is 326 g/mol. The Morgan fingerprint density at radius 1 is 0.920 bits per heavy atom. The van der Waals surface area contributed by atoms with Crippen LogP contribution in [0.1, 0.15) is 5.56 Å². The molecule has 0 saturated heterocycles. The van der Waals surface area contributed by atoms with Gasteiger partial charge >= 0.3 is 0 Å². The third kappa shape index (κ3) is 4.24. The van der Waals surface area contributed by atoms with Crippen LogP contribution in [0, 0.1) is 0 Å². The molecule has 1 aliphatic rings. The normalized spacial score (nSPS) is 16.2. The molecule has 0 amide bonds. The molecule has 2 nitrogen and oxygen atoms in total. The number of nitrogens with zero attached hydrogens (tertiary/aromatic N) is 2. The van der Waals surface area contributed by atoms with E-state index in [-0.39, 0.29) is 0 Å². The second-order valence-electron chi connectivity index (χ2n) is 5.83. The van der Waals surface area contributed by atoms with Crippen molar-refractivity contribution in [2.45, 2.75) is 0 Å². The number of hydrogen-bond donors (Lipinski definition) is 0. The van der Waals surface area contributed by atoms with E-state index in [1.165, 1.54) is 16.8 Å². The number of rotatable bonds is 4. The van der Waals surface area contributed by atoms with Crippen LogP contribution in [0.5, 0.6) is 0 Å². The van der Waals surface area contributed by atoms with E-state index < -0.39 is 0 Å². The zero-order valence-corrected chi connectivity index (χ0v) is 14.6. The maximum absolute atomic E-state index is 3.22. The molecule has 0 spiro atoms. The molecule has 2 heteroatoms. The van der Waals surface area contributed by atoms with Crippen LogP contribution in [0.25, 0.3) is 5.57 Å². The van der Waals surface area contributed by atoms with E-state index in [2.05, 4.69) is 79.0 Å². The summed E-state index contributed by atoms with van der Waals surface area (Å²) >= 11 is 0. The van der Waals surface area contributed by atoms with Gasteiger partial charge < -0.3 is 9.48 Å². The number of allylic oxidation sites excluding steroid dienone is 7. The minimum atomic E-state index is 1.12. The summed E-state index contributed by atoms with van der Waals surface area (Å²) in [4.78, 5) is 2.14. The largest absolute Gasteiger partial charge is 0.351 e. The molecule has 0 unspecified atom stereocenters. The van der Waals surface area contributed by atoms with Crippen molar-refractivity contribution in [2.24, 2.45) is 0 Å². The van der Waals surface area contributed by atoms with Crippen LogP contribution in [0.3, 0.4) is 0 Å². The molecule has 0 atom stereocenters. The first-order chi connectivity index (χ1) is 12.3. The second-order valence-corrected chi connectivity index (χ2v) is 5.83. The Hall–Kier alpha value is -3.13. The van der Waals surface area contributed by atoms with E-state index >= 15 is 0 Å². The van der Waals surface area contributed by atoms with E-state index in [9.17, 15) is 0 Å². The molecule has 1 heterocycles. The van der Waals surface area contributed by atoms with Crippen molar-refractivity contribution in [1.82, 2.24) is 0 Å².